The SMILES string of the molecule is CCCC(CCC)C(=O)Cc1ccccc1F. The zero-order chi connectivity index (χ0) is 12.7. The fourth-order valence-electron chi connectivity index (χ4n) is 2.14. The van der Waals surface area contributed by atoms with Crippen LogP contribution in [0, 0.1) is 11.7 Å². The predicted octanol–water partition coefficient (Wildman–Crippen LogP) is 4.15. The second-order valence-electron chi connectivity index (χ2n) is 4.51. The number of hydrogen-bond donors (Lipinski definition) is 0. The summed E-state index contributed by atoms with van der Waals surface area (Å²) in [5.74, 6) is 0.0102. The Labute approximate surface area is 103 Å². The summed E-state index contributed by atoms with van der Waals surface area (Å²) in [5, 5.41) is 0. The van der Waals surface area contributed by atoms with Gasteiger partial charge in [0.05, 0.1) is 0 Å². The van der Waals surface area contributed by atoms with E-state index >= 15 is 0 Å². The maximum absolute atomic E-state index is 13.4. The van der Waals surface area contributed by atoms with Gasteiger partial charge < -0.3 is 0 Å². The molecule has 0 N–H and O–H groups in total. The van der Waals surface area contributed by atoms with Crippen molar-refractivity contribution >= 4 is 5.78 Å². The van der Waals surface area contributed by atoms with E-state index < -0.39 is 0 Å². The van der Waals surface area contributed by atoms with E-state index in [0.717, 1.165) is 25.7 Å². The number of rotatable bonds is 7. The van der Waals surface area contributed by atoms with Gasteiger partial charge in [0.1, 0.15) is 11.6 Å². The lowest BCUT2D eigenvalue weighted by molar-refractivity contribution is -0.122. The van der Waals surface area contributed by atoms with E-state index in [9.17, 15) is 9.18 Å². The van der Waals surface area contributed by atoms with Crippen molar-refractivity contribution in [2.75, 3.05) is 0 Å². The van der Waals surface area contributed by atoms with Crippen molar-refractivity contribution in [2.24, 2.45) is 5.92 Å². The highest BCUT2D eigenvalue weighted by atomic mass is 19.1. The minimum absolute atomic E-state index is 0.101. The van der Waals surface area contributed by atoms with Crippen LogP contribution >= 0.6 is 0 Å². The quantitative estimate of drug-likeness (QED) is 0.695. The van der Waals surface area contributed by atoms with Crippen molar-refractivity contribution in [3.63, 3.8) is 0 Å². The van der Waals surface area contributed by atoms with Gasteiger partial charge in [-0.3, -0.25) is 4.79 Å². The third-order valence-electron chi connectivity index (χ3n) is 3.05. The van der Waals surface area contributed by atoms with E-state index in [0.29, 0.717) is 5.56 Å². The summed E-state index contributed by atoms with van der Waals surface area (Å²) >= 11 is 0. The fourth-order valence-corrected chi connectivity index (χ4v) is 2.14. The largest absolute Gasteiger partial charge is 0.299 e. The molecule has 1 nitrogen and oxygen atoms in total. The van der Waals surface area contributed by atoms with Crippen LogP contribution in [0.25, 0.3) is 0 Å². The Kier molecular flexibility index (Phi) is 5.88. The summed E-state index contributed by atoms with van der Waals surface area (Å²) in [6.45, 7) is 4.16. The van der Waals surface area contributed by atoms with Crippen molar-refractivity contribution in [1.82, 2.24) is 0 Å². The molecule has 0 spiro atoms. The van der Waals surface area contributed by atoms with Crippen molar-refractivity contribution < 1.29 is 9.18 Å². The van der Waals surface area contributed by atoms with E-state index in [4.69, 9.17) is 0 Å². The smallest absolute Gasteiger partial charge is 0.140 e. The third kappa shape index (κ3) is 4.29. The maximum atomic E-state index is 13.4. The molecule has 1 aromatic carbocycles. The Morgan fingerprint density at radius 3 is 2.29 bits per heavy atom. The number of hydrogen-bond acceptors (Lipinski definition) is 1. The molecular formula is C15H21FO. The molecule has 0 aromatic heterocycles. The van der Waals surface area contributed by atoms with Gasteiger partial charge in [-0.05, 0) is 24.5 Å². The lowest BCUT2D eigenvalue weighted by atomic mass is 9.90. The Balaban J connectivity index is 2.66. The first-order valence-electron chi connectivity index (χ1n) is 6.45. The van der Waals surface area contributed by atoms with Crippen molar-refractivity contribution in [3.8, 4) is 0 Å². The molecule has 1 rings (SSSR count). The van der Waals surface area contributed by atoms with Crippen LogP contribution in [0.15, 0.2) is 24.3 Å². The predicted molar refractivity (Wildman–Crippen MR) is 68.4 cm³/mol. The second-order valence-corrected chi connectivity index (χ2v) is 4.51. The molecule has 17 heavy (non-hydrogen) atoms. The van der Waals surface area contributed by atoms with Gasteiger partial charge in [-0.1, -0.05) is 44.9 Å². The summed E-state index contributed by atoms with van der Waals surface area (Å²) in [4.78, 5) is 12.1. The number of halogens is 1. The molecule has 0 saturated heterocycles. The van der Waals surface area contributed by atoms with Gasteiger partial charge >= 0.3 is 0 Å². The zero-order valence-electron chi connectivity index (χ0n) is 10.7. The third-order valence-corrected chi connectivity index (χ3v) is 3.05. The summed E-state index contributed by atoms with van der Waals surface area (Å²) in [5.41, 5.74) is 0.523. The second kappa shape index (κ2) is 7.21. The van der Waals surface area contributed by atoms with E-state index in [1.54, 1.807) is 18.2 Å². The molecule has 0 radical (unpaired) electrons. The molecule has 0 bridgehead atoms. The average molecular weight is 236 g/mol. The Hall–Kier alpha value is -1.18. The number of Topliss-reactive ketones (excluding diaryl/α,β-unsaturated/α-hetero) is 1. The van der Waals surface area contributed by atoms with E-state index in [1.807, 2.05) is 0 Å². The average Bonchev–Trinajstić information content (AvgIpc) is 2.32. The minimum atomic E-state index is -0.271. The van der Waals surface area contributed by atoms with Crippen molar-refractivity contribution in [1.29, 1.82) is 0 Å². The molecule has 0 aliphatic carbocycles. The van der Waals surface area contributed by atoms with Crippen molar-refractivity contribution in [2.45, 2.75) is 46.0 Å². The Morgan fingerprint density at radius 2 is 1.76 bits per heavy atom. The van der Waals surface area contributed by atoms with Crippen LogP contribution in [0.5, 0.6) is 0 Å². The summed E-state index contributed by atoms with van der Waals surface area (Å²) < 4.78 is 13.4. The molecule has 0 aliphatic heterocycles. The van der Waals surface area contributed by atoms with Crippen LogP contribution < -0.4 is 0 Å². The first-order valence-corrected chi connectivity index (χ1v) is 6.45. The minimum Gasteiger partial charge on any atom is -0.299 e. The van der Waals surface area contributed by atoms with Crippen LogP contribution in [-0.4, -0.2) is 5.78 Å². The summed E-state index contributed by atoms with van der Waals surface area (Å²) in [6.07, 6.45) is 4.08. The number of carbonyl (C=O) groups is 1. The molecule has 0 unspecified atom stereocenters. The highest BCUT2D eigenvalue weighted by Crippen LogP contribution is 2.18. The summed E-state index contributed by atoms with van der Waals surface area (Å²) in [6, 6.07) is 6.54. The summed E-state index contributed by atoms with van der Waals surface area (Å²) in [7, 11) is 0. The Morgan fingerprint density at radius 1 is 1.18 bits per heavy atom. The van der Waals surface area contributed by atoms with Crippen LogP contribution in [0.1, 0.15) is 45.1 Å². The first kappa shape index (κ1) is 13.9. The lowest BCUT2D eigenvalue weighted by Crippen LogP contribution is -2.17. The number of carbonyl (C=O) groups excluding carboxylic acids is 1. The molecule has 2 heteroatoms. The van der Waals surface area contributed by atoms with Gasteiger partial charge in [-0.25, -0.2) is 4.39 Å². The van der Waals surface area contributed by atoms with Gasteiger partial charge in [0.25, 0.3) is 0 Å². The van der Waals surface area contributed by atoms with Gasteiger partial charge in [0.15, 0.2) is 0 Å². The van der Waals surface area contributed by atoms with Crippen LogP contribution in [-0.2, 0) is 11.2 Å². The van der Waals surface area contributed by atoms with Gasteiger partial charge in [-0.2, -0.15) is 0 Å². The molecule has 94 valence electrons. The molecule has 0 heterocycles. The number of benzene rings is 1. The topological polar surface area (TPSA) is 17.1 Å². The maximum Gasteiger partial charge on any atom is 0.140 e. The first-order chi connectivity index (χ1) is 8.19. The van der Waals surface area contributed by atoms with Crippen LogP contribution in [0.3, 0.4) is 0 Å². The molecule has 0 fully saturated rings. The molecule has 0 atom stereocenters. The Bertz CT molecular complexity index is 354. The van der Waals surface area contributed by atoms with Crippen molar-refractivity contribution in [3.05, 3.63) is 35.6 Å². The normalized spacial score (nSPS) is 10.8. The monoisotopic (exact) mass is 236 g/mol. The van der Waals surface area contributed by atoms with E-state index in [-0.39, 0.29) is 23.9 Å². The van der Waals surface area contributed by atoms with E-state index in [2.05, 4.69) is 13.8 Å². The molecule has 0 saturated carbocycles. The fraction of sp³-hybridized carbons (Fsp3) is 0.533. The molecule has 0 aliphatic rings. The molecule has 0 amide bonds. The molecule has 1 aromatic rings. The van der Waals surface area contributed by atoms with Crippen LogP contribution in [0.2, 0.25) is 0 Å². The molecular weight excluding hydrogens is 215 g/mol. The zero-order valence-corrected chi connectivity index (χ0v) is 10.7. The number of ketones is 1. The standard InChI is InChI=1S/C15H21FO/c1-3-7-12(8-4-2)15(17)11-13-9-5-6-10-14(13)16/h5-6,9-10,12H,3-4,7-8,11H2,1-2H3. The van der Waals surface area contributed by atoms with E-state index in [1.165, 1.54) is 6.07 Å². The van der Waals surface area contributed by atoms with Gasteiger partial charge in [0.2, 0.25) is 0 Å². The van der Waals surface area contributed by atoms with Crippen LogP contribution in [0.4, 0.5) is 4.39 Å². The highest BCUT2D eigenvalue weighted by molar-refractivity contribution is 5.83. The van der Waals surface area contributed by atoms with Gasteiger partial charge in [-0.15, -0.1) is 0 Å². The van der Waals surface area contributed by atoms with Gasteiger partial charge in [0, 0.05) is 12.3 Å². The highest BCUT2D eigenvalue weighted by Gasteiger charge is 2.17. The lowest BCUT2D eigenvalue weighted by Gasteiger charge is -2.14.